The van der Waals surface area contributed by atoms with Crippen LogP contribution >= 0.6 is 11.3 Å². The number of hydrogen-bond donors (Lipinski definition) is 0. The number of carbonyl (C=O) groups is 2. The zero-order valence-corrected chi connectivity index (χ0v) is 23.0. The van der Waals surface area contributed by atoms with E-state index in [-0.39, 0.29) is 35.8 Å². The summed E-state index contributed by atoms with van der Waals surface area (Å²) < 4.78 is 40.2. The molecule has 1 aliphatic heterocycles. The average Bonchev–Trinajstić information content (AvgIpc) is 3.31. The van der Waals surface area contributed by atoms with Gasteiger partial charge in [-0.05, 0) is 68.1 Å². The Bertz CT molecular complexity index is 1400. The van der Waals surface area contributed by atoms with E-state index in [0.29, 0.717) is 23.5 Å². The molecule has 7 nitrogen and oxygen atoms in total. The number of nitrogens with zero attached hydrogens (tertiary/aromatic N) is 1. The van der Waals surface area contributed by atoms with E-state index in [1.807, 2.05) is 45.0 Å². The van der Waals surface area contributed by atoms with E-state index in [4.69, 9.17) is 9.47 Å². The molecule has 0 spiro atoms. The molecular weight excluding hydrogens is 510 g/mol. The number of carbonyl (C=O) groups excluding carboxylic acids is 2. The summed E-state index contributed by atoms with van der Waals surface area (Å²) in [5.41, 5.74) is 2.67. The van der Waals surface area contributed by atoms with Gasteiger partial charge in [0.25, 0.3) is 6.47 Å². The molecule has 2 aromatic carbocycles. The van der Waals surface area contributed by atoms with Crippen molar-refractivity contribution in [2.24, 2.45) is 0 Å². The Morgan fingerprint density at radius 3 is 2.65 bits per heavy atom. The first-order valence-corrected chi connectivity index (χ1v) is 14.5. The van der Waals surface area contributed by atoms with Crippen LogP contribution in [-0.4, -0.2) is 43.7 Å². The second kappa shape index (κ2) is 11.2. The molecule has 0 amide bonds. The molecule has 0 saturated heterocycles. The molecular formula is C28H31NO6S2. The quantitative estimate of drug-likeness (QED) is 0.269. The number of Topliss-reactive ketones (excluding diaryl/α,β-unsaturated/α-hetero) is 1. The molecule has 3 atom stereocenters. The third-order valence-corrected chi connectivity index (χ3v) is 9.84. The largest absolute Gasteiger partial charge is 0.488 e. The van der Waals surface area contributed by atoms with Crippen molar-refractivity contribution >= 4 is 33.6 Å². The van der Waals surface area contributed by atoms with Gasteiger partial charge in [-0.3, -0.25) is 9.59 Å². The van der Waals surface area contributed by atoms with Crippen molar-refractivity contribution in [1.82, 2.24) is 4.31 Å². The minimum atomic E-state index is -3.79. The molecule has 1 aliphatic rings. The second-order valence-corrected chi connectivity index (χ2v) is 12.3. The summed E-state index contributed by atoms with van der Waals surface area (Å²) in [5.74, 6) is 0.0416. The highest BCUT2D eigenvalue weighted by atomic mass is 32.2. The number of ketones is 1. The molecule has 0 N–H and O–H groups in total. The van der Waals surface area contributed by atoms with Crippen LogP contribution in [0, 0.1) is 6.92 Å². The Morgan fingerprint density at radius 2 is 1.97 bits per heavy atom. The summed E-state index contributed by atoms with van der Waals surface area (Å²) >= 11 is 1.37. The maximum absolute atomic E-state index is 13.7. The first-order valence-electron chi connectivity index (χ1n) is 12.2. The lowest BCUT2D eigenvalue weighted by Crippen LogP contribution is -2.36. The van der Waals surface area contributed by atoms with Crippen molar-refractivity contribution in [2.75, 3.05) is 6.54 Å². The topological polar surface area (TPSA) is 90.0 Å². The van der Waals surface area contributed by atoms with Gasteiger partial charge in [0, 0.05) is 11.4 Å². The fourth-order valence-corrected chi connectivity index (χ4v) is 7.29. The Kier molecular flexibility index (Phi) is 8.16. The molecule has 3 aromatic rings. The summed E-state index contributed by atoms with van der Waals surface area (Å²) in [6, 6.07) is 16.3. The van der Waals surface area contributed by atoms with E-state index >= 15 is 0 Å². The summed E-state index contributed by atoms with van der Waals surface area (Å²) in [4.78, 5) is 24.8. The van der Waals surface area contributed by atoms with Crippen LogP contribution in [-0.2, 0) is 26.1 Å². The van der Waals surface area contributed by atoms with E-state index in [1.54, 1.807) is 30.3 Å². The van der Waals surface area contributed by atoms with Crippen molar-refractivity contribution in [1.29, 1.82) is 0 Å². The Balaban J connectivity index is 1.74. The van der Waals surface area contributed by atoms with Crippen molar-refractivity contribution < 1.29 is 27.5 Å². The molecule has 0 unspecified atom stereocenters. The van der Waals surface area contributed by atoms with Crippen molar-refractivity contribution in [3.8, 4) is 5.75 Å². The van der Waals surface area contributed by atoms with Gasteiger partial charge < -0.3 is 9.47 Å². The average molecular weight is 542 g/mol. The van der Waals surface area contributed by atoms with Gasteiger partial charge in [0.15, 0.2) is 5.78 Å². The van der Waals surface area contributed by atoms with Gasteiger partial charge in [-0.15, -0.1) is 11.3 Å². The standard InChI is InChI=1S/C28H31NO6S2/c1-5-23-16-29(37(32,33)27-9-7-6-8-24(27)35-23)15-22-14-21(11-10-18(22)2)28(20(4)34-17-30)26-13-12-25(36-26)19(3)31/h6-14,17,20,23,28H,5,15-16H2,1-4H3/t20-,23-,28-/m1/s1. The minimum absolute atomic E-state index is 0.0251. The summed E-state index contributed by atoms with van der Waals surface area (Å²) in [5, 5.41) is 0. The molecule has 2 heterocycles. The van der Waals surface area contributed by atoms with E-state index in [1.165, 1.54) is 22.6 Å². The van der Waals surface area contributed by atoms with Gasteiger partial charge in [0.1, 0.15) is 22.9 Å². The van der Waals surface area contributed by atoms with Gasteiger partial charge in [0.05, 0.1) is 17.3 Å². The Labute approximate surface area is 222 Å². The van der Waals surface area contributed by atoms with E-state index in [0.717, 1.165) is 21.6 Å². The predicted octanol–water partition coefficient (Wildman–Crippen LogP) is 5.31. The van der Waals surface area contributed by atoms with Gasteiger partial charge in [-0.2, -0.15) is 4.31 Å². The first-order chi connectivity index (χ1) is 17.6. The highest BCUT2D eigenvalue weighted by molar-refractivity contribution is 7.89. The molecule has 0 bridgehead atoms. The first kappa shape index (κ1) is 27.0. The van der Waals surface area contributed by atoms with Crippen LogP contribution in [0.5, 0.6) is 5.75 Å². The zero-order valence-electron chi connectivity index (χ0n) is 21.3. The lowest BCUT2D eigenvalue weighted by atomic mass is 9.90. The molecule has 9 heteroatoms. The van der Waals surface area contributed by atoms with Crippen LogP contribution < -0.4 is 4.74 Å². The van der Waals surface area contributed by atoms with Gasteiger partial charge in [-0.1, -0.05) is 37.3 Å². The molecule has 0 radical (unpaired) electrons. The smallest absolute Gasteiger partial charge is 0.293 e. The predicted molar refractivity (Wildman–Crippen MR) is 143 cm³/mol. The number of fused-ring (bicyclic) bond motifs is 1. The van der Waals surface area contributed by atoms with Crippen molar-refractivity contribution in [2.45, 2.75) is 63.7 Å². The molecule has 4 rings (SSSR count). The highest BCUT2D eigenvalue weighted by Crippen LogP contribution is 2.37. The fourth-order valence-electron chi connectivity index (χ4n) is 4.59. The lowest BCUT2D eigenvalue weighted by molar-refractivity contribution is -0.133. The SMILES string of the molecule is CC[C@@H]1CN(Cc2cc([C@H](c3ccc(C(C)=O)s3)[C@@H](C)OC=O)ccc2C)S(=O)(=O)c2ccccc2O1. The van der Waals surface area contributed by atoms with Crippen molar-refractivity contribution in [3.63, 3.8) is 0 Å². The van der Waals surface area contributed by atoms with Crippen LogP contribution in [0.15, 0.2) is 59.5 Å². The van der Waals surface area contributed by atoms with Crippen LogP contribution in [0.25, 0.3) is 0 Å². The number of para-hydroxylation sites is 1. The number of benzene rings is 2. The van der Waals surface area contributed by atoms with Gasteiger partial charge in [-0.25, -0.2) is 8.42 Å². The molecule has 196 valence electrons. The van der Waals surface area contributed by atoms with Crippen LogP contribution in [0.1, 0.15) is 64.3 Å². The molecule has 0 fully saturated rings. The number of sulfonamides is 1. The summed E-state index contributed by atoms with van der Waals surface area (Å²) in [7, 11) is -3.79. The Hall–Kier alpha value is -3.01. The number of thiophene rings is 1. The summed E-state index contributed by atoms with van der Waals surface area (Å²) in [6.45, 7) is 8.10. The van der Waals surface area contributed by atoms with E-state index in [9.17, 15) is 18.0 Å². The number of rotatable bonds is 9. The maximum Gasteiger partial charge on any atom is 0.293 e. The Morgan fingerprint density at radius 1 is 1.22 bits per heavy atom. The van der Waals surface area contributed by atoms with Gasteiger partial charge >= 0.3 is 0 Å². The normalized spacial score (nSPS) is 18.6. The number of hydrogen-bond acceptors (Lipinski definition) is 7. The zero-order chi connectivity index (χ0) is 26.7. The molecule has 37 heavy (non-hydrogen) atoms. The third-order valence-electron chi connectivity index (χ3n) is 6.72. The number of aryl methyl sites for hydroxylation is 1. The molecule has 0 saturated carbocycles. The van der Waals surface area contributed by atoms with Crippen molar-refractivity contribution in [3.05, 3.63) is 81.0 Å². The lowest BCUT2D eigenvalue weighted by Gasteiger charge is -2.26. The van der Waals surface area contributed by atoms with Gasteiger partial charge in [0.2, 0.25) is 10.0 Å². The molecule has 1 aromatic heterocycles. The molecule has 0 aliphatic carbocycles. The summed E-state index contributed by atoms with van der Waals surface area (Å²) in [6.07, 6.45) is -0.0937. The van der Waals surface area contributed by atoms with Crippen LogP contribution in [0.3, 0.4) is 0 Å². The third kappa shape index (κ3) is 5.63. The maximum atomic E-state index is 13.7. The fraction of sp³-hybridized carbons (Fsp3) is 0.357. The van der Waals surface area contributed by atoms with E-state index < -0.39 is 16.1 Å². The highest BCUT2D eigenvalue weighted by Gasteiger charge is 2.34. The van der Waals surface area contributed by atoms with E-state index in [2.05, 4.69) is 0 Å². The van der Waals surface area contributed by atoms with Crippen LogP contribution in [0.2, 0.25) is 0 Å². The van der Waals surface area contributed by atoms with Crippen LogP contribution in [0.4, 0.5) is 0 Å². The monoisotopic (exact) mass is 541 g/mol. The second-order valence-electron chi connectivity index (χ2n) is 9.25. The number of ether oxygens (including phenoxy) is 2. The minimum Gasteiger partial charge on any atom is -0.488 e.